The van der Waals surface area contributed by atoms with Crippen LogP contribution in [0.5, 0.6) is 0 Å². The highest BCUT2D eigenvalue weighted by Crippen LogP contribution is 2.17. The number of aryl methyl sites for hydroxylation is 1. The van der Waals surface area contributed by atoms with Crippen molar-refractivity contribution in [3.63, 3.8) is 0 Å². The van der Waals surface area contributed by atoms with Crippen molar-refractivity contribution in [2.24, 2.45) is 0 Å². The van der Waals surface area contributed by atoms with Crippen LogP contribution in [0.25, 0.3) is 0 Å². The van der Waals surface area contributed by atoms with E-state index in [2.05, 4.69) is 37.8 Å². The fourth-order valence-electron chi connectivity index (χ4n) is 2.60. The third-order valence-corrected chi connectivity index (χ3v) is 3.36. The maximum atomic E-state index is 8.87. The molecule has 0 radical (unpaired) electrons. The van der Waals surface area contributed by atoms with Crippen molar-refractivity contribution in [2.45, 2.75) is 39.5 Å². The highest BCUT2D eigenvalue weighted by Gasteiger charge is 2.22. The molecule has 0 unspecified atom stereocenters. The number of nitrogens with zero attached hydrogens (tertiary/aromatic N) is 2. The predicted octanol–water partition coefficient (Wildman–Crippen LogP) is 2.48. The van der Waals surface area contributed by atoms with Gasteiger partial charge in [0.25, 0.3) is 0 Å². The van der Waals surface area contributed by atoms with Crippen LogP contribution >= 0.6 is 0 Å². The summed E-state index contributed by atoms with van der Waals surface area (Å²) in [6, 6.07) is 8.11. The van der Waals surface area contributed by atoms with E-state index in [0.29, 0.717) is 12.2 Å². The number of hydrogen-bond acceptors (Lipinski definition) is 3. The lowest BCUT2D eigenvalue weighted by Gasteiger charge is -2.35. The molecule has 0 spiro atoms. The van der Waals surface area contributed by atoms with E-state index in [1.54, 1.807) is 0 Å². The fourth-order valence-corrected chi connectivity index (χ4v) is 2.60. The number of morpholine rings is 1. The average molecular weight is 244 g/mol. The van der Waals surface area contributed by atoms with Gasteiger partial charge in [-0.15, -0.1) is 0 Å². The SMILES string of the molecule is Cc1cc(C#N)ccc1CN1C[C@@H](C)O[C@@H](C)C1. The quantitative estimate of drug-likeness (QED) is 0.802. The zero-order valence-electron chi connectivity index (χ0n) is 11.3. The molecule has 0 amide bonds. The Labute approximate surface area is 109 Å². The van der Waals surface area contributed by atoms with Crippen molar-refractivity contribution >= 4 is 0 Å². The van der Waals surface area contributed by atoms with E-state index in [0.717, 1.165) is 25.2 Å². The van der Waals surface area contributed by atoms with Crippen molar-refractivity contribution in [1.82, 2.24) is 4.90 Å². The van der Waals surface area contributed by atoms with Gasteiger partial charge in [0.2, 0.25) is 0 Å². The zero-order chi connectivity index (χ0) is 13.1. The van der Waals surface area contributed by atoms with Gasteiger partial charge in [-0.3, -0.25) is 4.90 Å². The molecule has 1 saturated heterocycles. The van der Waals surface area contributed by atoms with Crippen LogP contribution in [-0.4, -0.2) is 30.2 Å². The molecule has 1 aliphatic heterocycles. The first kappa shape index (κ1) is 13.1. The summed E-state index contributed by atoms with van der Waals surface area (Å²) in [5.41, 5.74) is 3.23. The molecular weight excluding hydrogens is 224 g/mol. The summed E-state index contributed by atoms with van der Waals surface area (Å²) in [6.45, 7) is 9.20. The van der Waals surface area contributed by atoms with Crippen LogP contribution in [0.15, 0.2) is 18.2 Å². The molecule has 0 aromatic heterocycles. The second-order valence-corrected chi connectivity index (χ2v) is 5.20. The molecular formula is C15H20N2O. The lowest BCUT2D eigenvalue weighted by atomic mass is 10.0. The molecule has 2 rings (SSSR count). The van der Waals surface area contributed by atoms with Gasteiger partial charge in [-0.1, -0.05) is 6.07 Å². The van der Waals surface area contributed by atoms with E-state index < -0.39 is 0 Å². The Hall–Kier alpha value is -1.37. The first-order valence-electron chi connectivity index (χ1n) is 6.46. The zero-order valence-corrected chi connectivity index (χ0v) is 11.3. The molecule has 18 heavy (non-hydrogen) atoms. The largest absolute Gasteiger partial charge is 0.373 e. The minimum absolute atomic E-state index is 0.299. The number of hydrogen-bond donors (Lipinski definition) is 0. The minimum Gasteiger partial charge on any atom is -0.373 e. The molecule has 0 N–H and O–H groups in total. The first-order valence-corrected chi connectivity index (χ1v) is 6.46. The van der Waals surface area contributed by atoms with Crippen LogP contribution in [0.4, 0.5) is 0 Å². The van der Waals surface area contributed by atoms with Crippen LogP contribution in [0.1, 0.15) is 30.5 Å². The van der Waals surface area contributed by atoms with Crippen molar-refractivity contribution in [2.75, 3.05) is 13.1 Å². The molecule has 1 fully saturated rings. The van der Waals surface area contributed by atoms with Crippen molar-refractivity contribution in [1.29, 1.82) is 5.26 Å². The van der Waals surface area contributed by atoms with Crippen molar-refractivity contribution in [3.8, 4) is 6.07 Å². The molecule has 0 aliphatic carbocycles. The molecule has 1 aromatic rings. The monoisotopic (exact) mass is 244 g/mol. The second kappa shape index (κ2) is 5.51. The van der Waals surface area contributed by atoms with Crippen LogP contribution in [0, 0.1) is 18.3 Å². The van der Waals surface area contributed by atoms with Gasteiger partial charge in [0, 0.05) is 19.6 Å². The minimum atomic E-state index is 0.299. The Balaban J connectivity index is 2.07. The molecule has 0 saturated carbocycles. The summed E-state index contributed by atoms with van der Waals surface area (Å²) < 4.78 is 5.74. The number of rotatable bonds is 2. The molecule has 96 valence electrons. The lowest BCUT2D eigenvalue weighted by Crippen LogP contribution is -2.44. The van der Waals surface area contributed by atoms with E-state index in [1.807, 2.05) is 12.1 Å². The maximum Gasteiger partial charge on any atom is 0.0991 e. The van der Waals surface area contributed by atoms with Crippen LogP contribution < -0.4 is 0 Å². The third-order valence-electron chi connectivity index (χ3n) is 3.36. The van der Waals surface area contributed by atoms with Crippen molar-refractivity contribution in [3.05, 3.63) is 34.9 Å². The summed E-state index contributed by atoms with van der Waals surface area (Å²) >= 11 is 0. The topological polar surface area (TPSA) is 36.3 Å². The molecule has 1 aromatic carbocycles. The number of nitriles is 1. The predicted molar refractivity (Wildman–Crippen MR) is 71.2 cm³/mol. The Morgan fingerprint density at radius 1 is 1.33 bits per heavy atom. The smallest absolute Gasteiger partial charge is 0.0991 e. The van der Waals surface area contributed by atoms with E-state index in [1.165, 1.54) is 11.1 Å². The standard InChI is InChI=1S/C15H20N2O/c1-11-6-14(7-16)4-5-15(11)10-17-8-12(2)18-13(3)9-17/h4-6,12-13H,8-10H2,1-3H3/t12-,13+. The molecule has 1 heterocycles. The highest BCUT2D eigenvalue weighted by atomic mass is 16.5. The summed E-state index contributed by atoms with van der Waals surface area (Å²) in [6.07, 6.45) is 0.597. The van der Waals surface area contributed by atoms with E-state index >= 15 is 0 Å². The maximum absolute atomic E-state index is 8.87. The van der Waals surface area contributed by atoms with Gasteiger partial charge >= 0.3 is 0 Å². The van der Waals surface area contributed by atoms with E-state index in [-0.39, 0.29) is 0 Å². The molecule has 3 heteroatoms. The number of ether oxygens (including phenoxy) is 1. The highest BCUT2D eigenvalue weighted by molar-refractivity contribution is 5.37. The van der Waals surface area contributed by atoms with Gasteiger partial charge in [0.05, 0.1) is 23.8 Å². The van der Waals surface area contributed by atoms with Gasteiger partial charge < -0.3 is 4.74 Å². The Morgan fingerprint density at radius 3 is 2.56 bits per heavy atom. The molecule has 3 nitrogen and oxygen atoms in total. The van der Waals surface area contributed by atoms with Gasteiger partial charge in [0.15, 0.2) is 0 Å². The Bertz CT molecular complexity index is 454. The van der Waals surface area contributed by atoms with Crippen LogP contribution in [0.2, 0.25) is 0 Å². The van der Waals surface area contributed by atoms with Gasteiger partial charge in [-0.05, 0) is 44.0 Å². The van der Waals surface area contributed by atoms with Crippen LogP contribution in [0.3, 0.4) is 0 Å². The second-order valence-electron chi connectivity index (χ2n) is 5.20. The molecule has 2 atom stereocenters. The van der Waals surface area contributed by atoms with Gasteiger partial charge in [-0.25, -0.2) is 0 Å². The van der Waals surface area contributed by atoms with Gasteiger partial charge in [-0.2, -0.15) is 5.26 Å². The normalized spacial score (nSPS) is 24.8. The average Bonchev–Trinajstić information content (AvgIpc) is 2.30. The summed E-state index contributed by atoms with van der Waals surface area (Å²) in [5, 5.41) is 8.87. The molecule has 1 aliphatic rings. The van der Waals surface area contributed by atoms with E-state index in [4.69, 9.17) is 10.00 Å². The lowest BCUT2D eigenvalue weighted by molar-refractivity contribution is -0.0705. The fraction of sp³-hybridized carbons (Fsp3) is 0.533. The summed E-state index contributed by atoms with van der Waals surface area (Å²) in [4.78, 5) is 2.42. The summed E-state index contributed by atoms with van der Waals surface area (Å²) in [5.74, 6) is 0. The van der Waals surface area contributed by atoms with Crippen LogP contribution in [-0.2, 0) is 11.3 Å². The number of benzene rings is 1. The first-order chi connectivity index (χ1) is 8.58. The molecule has 0 bridgehead atoms. The van der Waals surface area contributed by atoms with Gasteiger partial charge in [0.1, 0.15) is 0 Å². The van der Waals surface area contributed by atoms with E-state index in [9.17, 15) is 0 Å². The summed E-state index contributed by atoms with van der Waals surface area (Å²) in [7, 11) is 0. The Morgan fingerprint density at radius 2 is 2.00 bits per heavy atom. The van der Waals surface area contributed by atoms with Crippen molar-refractivity contribution < 1.29 is 4.74 Å². The third kappa shape index (κ3) is 3.10. The Kier molecular flexibility index (Phi) is 4.00.